The molecule has 0 saturated carbocycles. The molecule has 5 heteroatoms. The second kappa shape index (κ2) is 8.38. The summed E-state index contributed by atoms with van der Waals surface area (Å²) < 4.78 is 0.964. The molecule has 0 N–H and O–H groups in total. The van der Waals surface area contributed by atoms with Crippen LogP contribution in [0.5, 0.6) is 0 Å². The molecule has 0 saturated heterocycles. The largest absolute Gasteiger partial charge is 0.342 e. The molecular weight excluding hydrogens is 428 g/mol. The van der Waals surface area contributed by atoms with E-state index in [0.717, 1.165) is 34.7 Å². The molecule has 2 nitrogen and oxygen atoms in total. The van der Waals surface area contributed by atoms with E-state index in [-0.39, 0.29) is 5.91 Å². The summed E-state index contributed by atoms with van der Waals surface area (Å²) in [6.45, 7) is 0.787. The molecule has 1 amide bonds. The van der Waals surface area contributed by atoms with E-state index in [1.54, 1.807) is 11.0 Å². The molecular formula is C13H16BrClINO. The first-order chi connectivity index (χ1) is 8.56. The monoisotopic (exact) mass is 443 g/mol. The third-order valence-corrected chi connectivity index (χ3v) is 4.77. The second-order valence-corrected chi connectivity index (χ2v) is 6.47. The van der Waals surface area contributed by atoms with Gasteiger partial charge in [-0.2, -0.15) is 0 Å². The van der Waals surface area contributed by atoms with Gasteiger partial charge in [0.05, 0.1) is 5.02 Å². The standard InChI is InChI=1S/C13H16BrClINO/c1-17(8-4-2-3-7-14)13(18)10-5-6-12(16)11(15)9-10/h5-6,9H,2-4,7-8H2,1H3. The zero-order valence-electron chi connectivity index (χ0n) is 10.3. The maximum Gasteiger partial charge on any atom is 0.253 e. The minimum absolute atomic E-state index is 0.0344. The summed E-state index contributed by atoms with van der Waals surface area (Å²) in [5.41, 5.74) is 0.656. The fourth-order valence-electron chi connectivity index (χ4n) is 1.57. The molecule has 0 unspecified atom stereocenters. The van der Waals surface area contributed by atoms with E-state index in [0.29, 0.717) is 10.6 Å². The number of halogens is 3. The van der Waals surface area contributed by atoms with Crippen molar-refractivity contribution in [3.8, 4) is 0 Å². The lowest BCUT2D eigenvalue weighted by Crippen LogP contribution is -2.27. The van der Waals surface area contributed by atoms with Crippen molar-refractivity contribution < 1.29 is 4.79 Å². The Bertz CT molecular complexity index is 414. The zero-order valence-corrected chi connectivity index (χ0v) is 14.8. The van der Waals surface area contributed by atoms with Crippen molar-refractivity contribution in [1.82, 2.24) is 4.90 Å². The minimum Gasteiger partial charge on any atom is -0.342 e. The molecule has 0 radical (unpaired) electrons. The van der Waals surface area contributed by atoms with Crippen molar-refractivity contribution in [2.45, 2.75) is 19.3 Å². The lowest BCUT2D eigenvalue weighted by atomic mass is 10.2. The Labute approximate surface area is 135 Å². The lowest BCUT2D eigenvalue weighted by Gasteiger charge is -2.17. The Morgan fingerprint density at radius 3 is 2.72 bits per heavy atom. The predicted molar refractivity (Wildman–Crippen MR) is 88.8 cm³/mol. The normalized spacial score (nSPS) is 10.4. The van der Waals surface area contributed by atoms with Crippen molar-refractivity contribution in [3.05, 3.63) is 32.4 Å². The number of benzene rings is 1. The van der Waals surface area contributed by atoms with Crippen LogP contribution in [0.3, 0.4) is 0 Å². The van der Waals surface area contributed by atoms with Crippen molar-refractivity contribution in [2.75, 3.05) is 18.9 Å². The van der Waals surface area contributed by atoms with Gasteiger partial charge in [-0.25, -0.2) is 0 Å². The highest BCUT2D eigenvalue weighted by Crippen LogP contribution is 2.20. The molecule has 0 aliphatic rings. The average molecular weight is 445 g/mol. The summed E-state index contributed by atoms with van der Waals surface area (Å²) >= 11 is 11.6. The number of unbranched alkanes of at least 4 members (excludes halogenated alkanes) is 2. The summed E-state index contributed by atoms with van der Waals surface area (Å²) in [6.07, 6.45) is 3.32. The first-order valence-electron chi connectivity index (χ1n) is 5.82. The number of nitrogens with zero attached hydrogens (tertiary/aromatic N) is 1. The highest BCUT2D eigenvalue weighted by atomic mass is 127. The van der Waals surface area contributed by atoms with E-state index in [2.05, 4.69) is 38.5 Å². The van der Waals surface area contributed by atoms with Gasteiger partial charge in [0, 0.05) is 28.1 Å². The first kappa shape index (κ1) is 16.2. The first-order valence-corrected chi connectivity index (χ1v) is 8.40. The van der Waals surface area contributed by atoms with E-state index >= 15 is 0 Å². The van der Waals surface area contributed by atoms with Crippen LogP contribution < -0.4 is 0 Å². The SMILES string of the molecule is CN(CCCCCBr)C(=O)c1ccc(I)c(Cl)c1. The summed E-state index contributed by atoms with van der Waals surface area (Å²) in [7, 11) is 1.84. The molecule has 18 heavy (non-hydrogen) atoms. The molecule has 1 aromatic rings. The van der Waals surface area contributed by atoms with E-state index < -0.39 is 0 Å². The summed E-state index contributed by atoms with van der Waals surface area (Å²) in [5, 5.41) is 1.66. The number of alkyl halides is 1. The minimum atomic E-state index is 0.0344. The van der Waals surface area contributed by atoms with Gasteiger partial charge in [-0.3, -0.25) is 4.79 Å². The quantitative estimate of drug-likeness (QED) is 0.357. The molecule has 0 fully saturated rings. The van der Waals surface area contributed by atoms with Gasteiger partial charge >= 0.3 is 0 Å². The van der Waals surface area contributed by atoms with Gasteiger partial charge in [0.1, 0.15) is 0 Å². The van der Waals surface area contributed by atoms with Gasteiger partial charge in [-0.1, -0.05) is 34.0 Å². The molecule has 1 aromatic carbocycles. The molecule has 1 rings (SSSR count). The molecule has 0 aromatic heterocycles. The highest BCUT2D eigenvalue weighted by Gasteiger charge is 2.12. The summed E-state index contributed by atoms with van der Waals surface area (Å²) in [5.74, 6) is 0.0344. The van der Waals surface area contributed by atoms with Gasteiger partial charge in [-0.15, -0.1) is 0 Å². The van der Waals surface area contributed by atoms with Crippen LogP contribution in [0.4, 0.5) is 0 Å². The Morgan fingerprint density at radius 2 is 2.11 bits per heavy atom. The van der Waals surface area contributed by atoms with Crippen LogP contribution in [0.2, 0.25) is 5.02 Å². The molecule has 0 heterocycles. The van der Waals surface area contributed by atoms with E-state index in [1.807, 2.05) is 19.2 Å². The molecule has 0 aliphatic carbocycles. The maximum atomic E-state index is 12.1. The van der Waals surface area contributed by atoms with Crippen molar-refractivity contribution >= 4 is 56.0 Å². The van der Waals surface area contributed by atoms with Crippen LogP contribution >= 0.6 is 50.1 Å². The predicted octanol–water partition coefficient (Wildman–Crippen LogP) is 4.58. The number of rotatable bonds is 6. The van der Waals surface area contributed by atoms with Crippen molar-refractivity contribution in [2.24, 2.45) is 0 Å². The number of carbonyl (C=O) groups is 1. The van der Waals surface area contributed by atoms with Crippen LogP contribution in [0.15, 0.2) is 18.2 Å². The van der Waals surface area contributed by atoms with E-state index in [4.69, 9.17) is 11.6 Å². The number of amides is 1. The third-order valence-electron chi connectivity index (χ3n) is 2.64. The van der Waals surface area contributed by atoms with E-state index in [9.17, 15) is 4.79 Å². The summed E-state index contributed by atoms with van der Waals surface area (Å²) in [6, 6.07) is 5.43. The average Bonchev–Trinajstić information content (AvgIpc) is 2.37. The van der Waals surface area contributed by atoms with Crippen LogP contribution in [0, 0.1) is 3.57 Å². The van der Waals surface area contributed by atoms with Crippen molar-refractivity contribution in [3.63, 3.8) is 0 Å². The van der Waals surface area contributed by atoms with Gasteiger partial charge in [0.15, 0.2) is 0 Å². The Morgan fingerprint density at radius 1 is 1.39 bits per heavy atom. The Balaban J connectivity index is 2.54. The number of hydrogen-bond acceptors (Lipinski definition) is 1. The second-order valence-electron chi connectivity index (χ2n) is 4.11. The van der Waals surface area contributed by atoms with Crippen LogP contribution in [0.25, 0.3) is 0 Å². The van der Waals surface area contributed by atoms with Gasteiger partial charge in [-0.05, 0) is 53.6 Å². The molecule has 0 bridgehead atoms. The van der Waals surface area contributed by atoms with Gasteiger partial charge < -0.3 is 4.90 Å². The van der Waals surface area contributed by atoms with Crippen LogP contribution in [0.1, 0.15) is 29.6 Å². The molecule has 100 valence electrons. The lowest BCUT2D eigenvalue weighted by molar-refractivity contribution is 0.0792. The number of hydrogen-bond donors (Lipinski definition) is 0. The topological polar surface area (TPSA) is 20.3 Å². The fourth-order valence-corrected chi connectivity index (χ4v) is 2.48. The summed E-state index contributed by atoms with van der Waals surface area (Å²) in [4.78, 5) is 13.9. The molecule has 0 atom stereocenters. The smallest absolute Gasteiger partial charge is 0.253 e. The van der Waals surface area contributed by atoms with Crippen LogP contribution in [-0.2, 0) is 0 Å². The molecule has 0 aliphatic heterocycles. The highest BCUT2D eigenvalue weighted by molar-refractivity contribution is 14.1. The molecule has 0 spiro atoms. The zero-order chi connectivity index (χ0) is 13.5. The Kier molecular flexibility index (Phi) is 7.56. The van der Waals surface area contributed by atoms with Gasteiger partial charge in [0.25, 0.3) is 5.91 Å². The van der Waals surface area contributed by atoms with Gasteiger partial charge in [0.2, 0.25) is 0 Å². The van der Waals surface area contributed by atoms with E-state index in [1.165, 1.54) is 0 Å². The number of carbonyl (C=O) groups excluding carboxylic acids is 1. The van der Waals surface area contributed by atoms with Crippen molar-refractivity contribution in [1.29, 1.82) is 0 Å². The van der Waals surface area contributed by atoms with Crippen LogP contribution in [-0.4, -0.2) is 29.7 Å². The third kappa shape index (κ3) is 5.05. The maximum absolute atomic E-state index is 12.1. The fraction of sp³-hybridized carbons (Fsp3) is 0.462. The Hall–Kier alpha value is 0.190.